The second kappa shape index (κ2) is 11.8. The first-order valence-electron chi connectivity index (χ1n) is 11.7. The van der Waals surface area contributed by atoms with Gasteiger partial charge in [-0.05, 0) is 55.7 Å². The SMILES string of the molecule is CCOC(=O)c1c(NC(=O)[C@H](C)OC(=O)c2ccc(Br)cc2)sc2c1CCN(Cc1ccccc1)C2. The van der Waals surface area contributed by atoms with E-state index in [2.05, 4.69) is 38.3 Å². The molecule has 3 aromatic rings. The van der Waals surface area contributed by atoms with Crippen LogP contribution >= 0.6 is 27.3 Å². The van der Waals surface area contributed by atoms with Crippen molar-refractivity contribution in [2.24, 2.45) is 0 Å². The molecule has 0 aliphatic carbocycles. The highest BCUT2D eigenvalue weighted by molar-refractivity contribution is 9.10. The lowest BCUT2D eigenvalue weighted by molar-refractivity contribution is -0.123. The van der Waals surface area contributed by atoms with E-state index in [1.54, 1.807) is 31.2 Å². The van der Waals surface area contributed by atoms with Crippen LogP contribution in [0.15, 0.2) is 59.1 Å². The highest BCUT2D eigenvalue weighted by Gasteiger charge is 2.30. The largest absolute Gasteiger partial charge is 0.462 e. The third-order valence-electron chi connectivity index (χ3n) is 5.83. The number of nitrogens with one attached hydrogen (secondary N) is 1. The number of hydrogen-bond acceptors (Lipinski definition) is 7. The van der Waals surface area contributed by atoms with Crippen LogP contribution in [0.2, 0.25) is 0 Å². The highest BCUT2D eigenvalue weighted by Crippen LogP contribution is 2.38. The molecule has 4 rings (SSSR count). The van der Waals surface area contributed by atoms with Crippen LogP contribution in [0.5, 0.6) is 0 Å². The van der Waals surface area contributed by atoms with Gasteiger partial charge in [0, 0.05) is 29.0 Å². The second-order valence-electron chi connectivity index (χ2n) is 8.42. The number of thiophene rings is 1. The standard InChI is InChI=1S/C27H27BrN2O5S/c1-3-34-27(33)23-21-13-14-30(15-18-7-5-4-6-8-18)16-22(21)36-25(23)29-24(31)17(2)35-26(32)19-9-11-20(28)12-10-19/h4-12,17H,3,13-16H2,1-2H3,(H,29,31)/t17-/m0/s1. The van der Waals surface area contributed by atoms with E-state index in [0.29, 0.717) is 29.1 Å². The predicted octanol–water partition coefficient (Wildman–Crippen LogP) is 5.43. The Hall–Kier alpha value is -3.01. The first-order valence-corrected chi connectivity index (χ1v) is 13.3. The van der Waals surface area contributed by atoms with Gasteiger partial charge in [0.2, 0.25) is 0 Å². The summed E-state index contributed by atoms with van der Waals surface area (Å²) in [6.07, 6.45) is -0.374. The number of benzene rings is 2. The molecule has 1 amide bonds. The van der Waals surface area contributed by atoms with E-state index in [-0.39, 0.29) is 6.61 Å². The number of esters is 2. The maximum atomic E-state index is 12.9. The zero-order valence-corrected chi connectivity index (χ0v) is 22.5. The molecule has 7 nitrogen and oxygen atoms in total. The molecule has 1 aliphatic rings. The Bertz CT molecular complexity index is 1240. The fourth-order valence-electron chi connectivity index (χ4n) is 4.02. The normalized spacial score (nSPS) is 14.0. The van der Waals surface area contributed by atoms with Crippen LogP contribution in [-0.4, -0.2) is 42.0 Å². The molecular formula is C27H27BrN2O5S. The number of hydrogen-bond donors (Lipinski definition) is 1. The Kier molecular flexibility index (Phi) is 8.56. The lowest BCUT2D eigenvalue weighted by Gasteiger charge is -2.27. The van der Waals surface area contributed by atoms with Crippen LogP contribution in [0.1, 0.15) is 50.6 Å². The van der Waals surface area contributed by atoms with Crippen molar-refractivity contribution in [3.8, 4) is 0 Å². The van der Waals surface area contributed by atoms with Crippen molar-refractivity contribution in [3.63, 3.8) is 0 Å². The predicted molar refractivity (Wildman–Crippen MR) is 142 cm³/mol. The summed E-state index contributed by atoms with van der Waals surface area (Å²) >= 11 is 4.70. The van der Waals surface area contributed by atoms with Crippen LogP contribution in [0, 0.1) is 0 Å². The molecular weight excluding hydrogens is 544 g/mol. The van der Waals surface area contributed by atoms with Crippen LogP contribution in [0.4, 0.5) is 5.00 Å². The monoisotopic (exact) mass is 570 g/mol. The lowest BCUT2D eigenvalue weighted by atomic mass is 10.0. The summed E-state index contributed by atoms with van der Waals surface area (Å²) in [5.41, 5.74) is 2.88. The lowest BCUT2D eigenvalue weighted by Crippen LogP contribution is -2.31. The van der Waals surface area contributed by atoms with Crippen molar-refractivity contribution >= 4 is 50.1 Å². The Balaban J connectivity index is 1.49. The summed E-state index contributed by atoms with van der Waals surface area (Å²) in [5.74, 6) is -1.56. The maximum Gasteiger partial charge on any atom is 0.341 e. The van der Waals surface area contributed by atoms with Gasteiger partial charge in [0.15, 0.2) is 6.10 Å². The molecule has 0 saturated carbocycles. The van der Waals surface area contributed by atoms with Crippen LogP contribution in [-0.2, 0) is 33.8 Å². The molecule has 1 N–H and O–H groups in total. The van der Waals surface area contributed by atoms with Crippen molar-refractivity contribution in [3.05, 3.63) is 86.2 Å². The Morgan fingerprint density at radius 1 is 1.08 bits per heavy atom. The summed E-state index contributed by atoms with van der Waals surface area (Å²) in [6.45, 7) is 5.76. The molecule has 0 radical (unpaired) electrons. The molecule has 36 heavy (non-hydrogen) atoms. The number of amides is 1. The van der Waals surface area contributed by atoms with Crippen molar-refractivity contribution < 1.29 is 23.9 Å². The van der Waals surface area contributed by atoms with Gasteiger partial charge >= 0.3 is 11.9 Å². The van der Waals surface area contributed by atoms with Gasteiger partial charge in [-0.25, -0.2) is 9.59 Å². The Morgan fingerprint density at radius 3 is 2.50 bits per heavy atom. The quantitative estimate of drug-likeness (QED) is 0.363. The van der Waals surface area contributed by atoms with E-state index in [1.165, 1.54) is 23.8 Å². The smallest absolute Gasteiger partial charge is 0.341 e. The van der Waals surface area contributed by atoms with Gasteiger partial charge in [0.25, 0.3) is 5.91 Å². The van der Waals surface area contributed by atoms with Crippen molar-refractivity contribution in [1.29, 1.82) is 0 Å². The number of fused-ring (bicyclic) bond motifs is 1. The van der Waals surface area contributed by atoms with Gasteiger partial charge in [0.1, 0.15) is 5.00 Å². The molecule has 0 spiro atoms. The Morgan fingerprint density at radius 2 is 1.81 bits per heavy atom. The number of anilines is 1. The summed E-state index contributed by atoms with van der Waals surface area (Å²) in [5, 5.41) is 3.24. The van der Waals surface area contributed by atoms with Crippen LogP contribution in [0.3, 0.4) is 0 Å². The summed E-state index contributed by atoms with van der Waals surface area (Å²) in [7, 11) is 0. The van der Waals surface area contributed by atoms with Gasteiger partial charge < -0.3 is 14.8 Å². The number of carbonyl (C=O) groups excluding carboxylic acids is 3. The first-order chi connectivity index (χ1) is 17.4. The van der Waals surface area contributed by atoms with Crippen molar-refractivity contribution in [2.45, 2.75) is 39.5 Å². The van der Waals surface area contributed by atoms with Gasteiger partial charge in [0.05, 0.1) is 17.7 Å². The minimum Gasteiger partial charge on any atom is -0.462 e. The molecule has 1 aliphatic heterocycles. The van der Waals surface area contributed by atoms with Crippen molar-refractivity contribution in [1.82, 2.24) is 4.90 Å². The van der Waals surface area contributed by atoms with Crippen molar-refractivity contribution in [2.75, 3.05) is 18.5 Å². The molecule has 2 heterocycles. The zero-order valence-electron chi connectivity index (χ0n) is 20.1. The van der Waals surface area contributed by atoms with Crippen LogP contribution in [0.25, 0.3) is 0 Å². The second-order valence-corrected chi connectivity index (χ2v) is 10.4. The Labute approximate surface area is 222 Å². The van der Waals surface area contributed by atoms with E-state index in [1.807, 2.05) is 18.2 Å². The molecule has 1 aromatic heterocycles. The average Bonchev–Trinajstić information content (AvgIpc) is 3.22. The molecule has 9 heteroatoms. The molecule has 0 unspecified atom stereocenters. The molecule has 0 saturated heterocycles. The van der Waals surface area contributed by atoms with E-state index >= 15 is 0 Å². The van der Waals surface area contributed by atoms with Gasteiger partial charge in [-0.2, -0.15) is 0 Å². The average molecular weight is 571 g/mol. The summed E-state index contributed by atoms with van der Waals surface area (Å²) < 4.78 is 11.5. The fourth-order valence-corrected chi connectivity index (χ4v) is 5.57. The number of rotatable bonds is 8. The van der Waals surface area contributed by atoms with Gasteiger partial charge in [-0.15, -0.1) is 11.3 Å². The van der Waals surface area contributed by atoms with E-state index in [0.717, 1.165) is 28.0 Å². The number of ether oxygens (including phenoxy) is 2. The number of carbonyl (C=O) groups is 3. The van der Waals surface area contributed by atoms with E-state index in [4.69, 9.17) is 9.47 Å². The zero-order chi connectivity index (χ0) is 25.7. The third-order valence-corrected chi connectivity index (χ3v) is 7.50. The fraction of sp³-hybridized carbons (Fsp3) is 0.296. The molecule has 2 aromatic carbocycles. The first kappa shape index (κ1) is 26.1. The third kappa shape index (κ3) is 6.21. The molecule has 188 valence electrons. The topological polar surface area (TPSA) is 84.9 Å². The maximum absolute atomic E-state index is 12.9. The number of nitrogens with zero attached hydrogens (tertiary/aromatic N) is 1. The van der Waals surface area contributed by atoms with Gasteiger partial charge in [-0.1, -0.05) is 46.3 Å². The minimum atomic E-state index is -1.05. The van der Waals surface area contributed by atoms with Crippen LogP contribution < -0.4 is 5.32 Å². The number of halogens is 1. The highest BCUT2D eigenvalue weighted by atomic mass is 79.9. The molecule has 0 bridgehead atoms. The molecule has 0 fully saturated rings. The minimum absolute atomic E-state index is 0.234. The van der Waals surface area contributed by atoms with E-state index < -0.39 is 23.9 Å². The summed E-state index contributed by atoms with van der Waals surface area (Å²) in [6, 6.07) is 16.9. The van der Waals surface area contributed by atoms with E-state index in [9.17, 15) is 14.4 Å². The van der Waals surface area contributed by atoms with Gasteiger partial charge in [-0.3, -0.25) is 9.69 Å². The molecule has 1 atom stereocenters. The summed E-state index contributed by atoms with van der Waals surface area (Å²) in [4.78, 5) is 41.6.